The molecule has 0 amide bonds. The molecular formula is C14H15BrO2. The van der Waals surface area contributed by atoms with Crippen LogP contribution in [0.3, 0.4) is 0 Å². The van der Waals surface area contributed by atoms with Crippen LogP contribution >= 0.6 is 15.9 Å². The average molecular weight is 295 g/mol. The van der Waals surface area contributed by atoms with Gasteiger partial charge in [-0.2, -0.15) is 0 Å². The number of alkyl halides is 1. The number of aliphatic hydroxyl groups excluding tert-OH is 2. The second-order valence-corrected chi connectivity index (χ2v) is 4.85. The van der Waals surface area contributed by atoms with Crippen molar-refractivity contribution in [1.82, 2.24) is 0 Å². The topological polar surface area (TPSA) is 40.5 Å². The maximum Gasteiger partial charge on any atom is 0.105 e. The predicted octanol–water partition coefficient (Wildman–Crippen LogP) is 3.02. The van der Waals surface area contributed by atoms with E-state index in [0.717, 1.165) is 16.3 Å². The van der Waals surface area contributed by atoms with E-state index in [1.807, 2.05) is 42.5 Å². The Morgan fingerprint density at radius 1 is 1.00 bits per heavy atom. The zero-order chi connectivity index (χ0) is 12.3. The summed E-state index contributed by atoms with van der Waals surface area (Å²) >= 11 is 3.27. The molecule has 90 valence electrons. The van der Waals surface area contributed by atoms with Crippen molar-refractivity contribution in [2.24, 2.45) is 0 Å². The molecule has 0 aliphatic carbocycles. The van der Waals surface area contributed by atoms with E-state index in [0.29, 0.717) is 11.8 Å². The third kappa shape index (κ3) is 2.68. The van der Waals surface area contributed by atoms with E-state index in [1.54, 1.807) is 0 Å². The molecule has 2 rings (SSSR count). The maximum atomic E-state index is 10.1. The van der Waals surface area contributed by atoms with Crippen molar-refractivity contribution in [3.05, 3.63) is 48.0 Å². The standard InChI is InChI=1S/C14H15BrO2/c15-9-8-13(16)14(17)12-7-3-5-10-4-1-2-6-11(10)12/h1-7,13-14,16-17H,8-9H2. The van der Waals surface area contributed by atoms with Crippen LogP contribution in [0.25, 0.3) is 10.8 Å². The first kappa shape index (κ1) is 12.6. The van der Waals surface area contributed by atoms with Gasteiger partial charge in [0, 0.05) is 5.33 Å². The summed E-state index contributed by atoms with van der Waals surface area (Å²) < 4.78 is 0. The molecule has 0 bridgehead atoms. The molecule has 2 aromatic rings. The number of aliphatic hydroxyl groups is 2. The molecule has 0 fully saturated rings. The second kappa shape index (κ2) is 5.63. The van der Waals surface area contributed by atoms with Crippen molar-refractivity contribution in [3.63, 3.8) is 0 Å². The van der Waals surface area contributed by atoms with Crippen LogP contribution in [0.1, 0.15) is 18.1 Å². The summed E-state index contributed by atoms with van der Waals surface area (Å²) in [7, 11) is 0. The SMILES string of the molecule is OC(CCBr)C(O)c1cccc2ccccc12. The lowest BCUT2D eigenvalue weighted by molar-refractivity contribution is 0.0182. The Hall–Kier alpha value is -0.900. The van der Waals surface area contributed by atoms with E-state index >= 15 is 0 Å². The van der Waals surface area contributed by atoms with Crippen LogP contribution in [0.2, 0.25) is 0 Å². The van der Waals surface area contributed by atoms with Gasteiger partial charge in [-0.15, -0.1) is 0 Å². The molecule has 2 atom stereocenters. The summed E-state index contributed by atoms with van der Waals surface area (Å²) in [6, 6.07) is 13.6. The van der Waals surface area contributed by atoms with Crippen LogP contribution in [0.5, 0.6) is 0 Å². The van der Waals surface area contributed by atoms with E-state index < -0.39 is 12.2 Å². The Labute approximate surface area is 109 Å². The highest BCUT2D eigenvalue weighted by atomic mass is 79.9. The van der Waals surface area contributed by atoms with Crippen molar-refractivity contribution >= 4 is 26.7 Å². The fourth-order valence-corrected chi connectivity index (χ4v) is 2.45. The third-order valence-electron chi connectivity index (χ3n) is 2.91. The van der Waals surface area contributed by atoms with Gasteiger partial charge in [-0.1, -0.05) is 58.4 Å². The molecule has 2 unspecified atom stereocenters. The normalized spacial score (nSPS) is 14.8. The summed E-state index contributed by atoms with van der Waals surface area (Å²) in [6.07, 6.45) is -1.04. The van der Waals surface area contributed by atoms with Crippen LogP contribution in [0.4, 0.5) is 0 Å². The van der Waals surface area contributed by atoms with Gasteiger partial charge in [0.2, 0.25) is 0 Å². The van der Waals surface area contributed by atoms with Gasteiger partial charge in [-0.3, -0.25) is 0 Å². The van der Waals surface area contributed by atoms with E-state index in [4.69, 9.17) is 0 Å². The Balaban J connectivity index is 2.41. The van der Waals surface area contributed by atoms with Crippen LogP contribution in [0, 0.1) is 0 Å². The van der Waals surface area contributed by atoms with E-state index in [1.165, 1.54) is 0 Å². The fourth-order valence-electron chi connectivity index (χ4n) is 1.99. The third-order valence-corrected chi connectivity index (χ3v) is 3.37. The molecule has 3 heteroatoms. The number of halogens is 1. The zero-order valence-corrected chi connectivity index (χ0v) is 11.0. The van der Waals surface area contributed by atoms with E-state index in [-0.39, 0.29) is 0 Å². The van der Waals surface area contributed by atoms with Crippen molar-refractivity contribution in [1.29, 1.82) is 0 Å². The highest BCUT2D eigenvalue weighted by molar-refractivity contribution is 9.09. The fraction of sp³-hybridized carbons (Fsp3) is 0.286. The first-order valence-electron chi connectivity index (χ1n) is 5.64. The lowest BCUT2D eigenvalue weighted by atomic mass is 9.96. The van der Waals surface area contributed by atoms with Gasteiger partial charge in [-0.05, 0) is 22.8 Å². The van der Waals surface area contributed by atoms with Crippen LogP contribution in [0.15, 0.2) is 42.5 Å². The zero-order valence-electron chi connectivity index (χ0n) is 9.38. The molecular weight excluding hydrogens is 280 g/mol. The second-order valence-electron chi connectivity index (χ2n) is 4.06. The van der Waals surface area contributed by atoms with E-state index in [9.17, 15) is 10.2 Å². The van der Waals surface area contributed by atoms with Gasteiger partial charge >= 0.3 is 0 Å². The van der Waals surface area contributed by atoms with Crippen molar-refractivity contribution in [3.8, 4) is 0 Å². The van der Waals surface area contributed by atoms with Gasteiger partial charge in [0.1, 0.15) is 6.10 Å². The van der Waals surface area contributed by atoms with Gasteiger partial charge < -0.3 is 10.2 Å². The van der Waals surface area contributed by atoms with Gasteiger partial charge in [0.25, 0.3) is 0 Å². The van der Waals surface area contributed by atoms with Gasteiger partial charge in [0.05, 0.1) is 6.10 Å². The first-order chi connectivity index (χ1) is 8.24. The molecule has 2 N–H and O–H groups in total. The summed E-state index contributed by atoms with van der Waals surface area (Å²) in [5.41, 5.74) is 0.788. The van der Waals surface area contributed by atoms with E-state index in [2.05, 4.69) is 15.9 Å². The molecule has 0 aromatic heterocycles. The number of rotatable bonds is 4. The summed E-state index contributed by atoms with van der Waals surface area (Å²) in [5, 5.41) is 22.7. The Bertz CT molecular complexity index is 493. The average Bonchev–Trinajstić information content (AvgIpc) is 2.37. The monoisotopic (exact) mass is 294 g/mol. The minimum absolute atomic E-state index is 0.532. The Morgan fingerprint density at radius 2 is 1.71 bits per heavy atom. The summed E-state index contributed by atoms with van der Waals surface area (Å²) in [4.78, 5) is 0. The maximum absolute atomic E-state index is 10.1. The Kier molecular flexibility index (Phi) is 4.15. The largest absolute Gasteiger partial charge is 0.390 e. The molecule has 0 saturated carbocycles. The number of fused-ring (bicyclic) bond motifs is 1. The first-order valence-corrected chi connectivity index (χ1v) is 6.76. The van der Waals surface area contributed by atoms with Crippen LogP contribution < -0.4 is 0 Å². The highest BCUT2D eigenvalue weighted by Crippen LogP contribution is 2.27. The van der Waals surface area contributed by atoms with Gasteiger partial charge in [-0.25, -0.2) is 0 Å². The molecule has 0 saturated heterocycles. The smallest absolute Gasteiger partial charge is 0.105 e. The molecule has 0 aliphatic heterocycles. The quantitative estimate of drug-likeness (QED) is 0.851. The number of hydrogen-bond acceptors (Lipinski definition) is 2. The van der Waals surface area contributed by atoms with Crippen molar-refractivity contribution < 1.29 is 10.2 Å². The van der Waals surface area contributed by atoms with Crippen molar-refractivity contribution in [2.75, 3.05) is 5.33 Å². The lowest BCUT2D eigenvalue weighted by Crippen LogP contribution is -2.18. The van der Waals surface area contributed by atoms with Crippen molar-refractivity contribution in [2.45, 2.75) is 18.6 Å². The highest BCUT2D eigenvalue weighted by Gasteiger charge is 2.19. The minimum Gasteiger partial charge on any atom is -0.390 e. The molecule has 2 aromatic carbocycles. The Morgan fingerprint density at radius 3 is 2.47 bits per heavy atom. The van der Waals surface area contributed by atoms with Crippen LogP contribution in [-0.2, 0) is 0 Å². The summed E-state index contributed by atoms with van der Waals surface area (Å²) in [5.74, 6) is 0. The minimum atomic E-state index is -0.835. The van der Waals surface area contributed by atoms with Crippen LogP contribution in [-0.4, -0.2) is 21.6 Å². The molecule has 2 nitrogen and oxygen atoms in total. The molecule has 0 spiro atoms. The van der Waals surface area contributed by atoms with Gasteiger partial charge in [0.15, 0.2) is 0 Å². The molecule has 0 radical (unpaired) electrons. The molecule has 0 heterocycles. The molecule has 17 heavy (non-hydrogen) atoms. The predicted molar refractivity (Wildman–Crippen MR) is 73.3 cm³/mol. The summed E-state index contributed by atoms with van der Waals surface area (Å²) in [6.45, 7) is 0. The number of benzene rings is 2. The number of hydrogen-bond donors (Lipinski definition) is 2. The lowest BCUT2D eigenvalue weighted by Gasteiger charge is -2.19. The molecule has 0 aliphatic rings.